The minimum absolute atomic E-state index is 0.190. The molecule has 21 heavy (non-hydrogen) atoms. The molecule has 7 atom stereocenters. The van der Waals surface area contributed by atoms with Crippen LogP contribution in [0.1, 0.15) is 64.2 Å². The van der Waals surface area contributed by atoms with Gasteiger partial charge in [0.05, 0.1) is 5.92 Å². The lowest BCUT2D eigenvalue weighted by atomic mass is 9.67. The molecule has 0 aromatic heterocycles. The first-order chi connectivity index (χ1) is 10.3. The van der Waals surface area contributed by atoms with Crippen molar-refractivity contribution in [2.45, 2.75) is 70.3 Å². The zero-order chi connectivity index (χ0) is 14.0. The van der Waals surface area contributed by atoms with Gasteiger partial charge in [-0.05, 0) is 93.3 Å². The van der Waals surface area contributed by atoms with Crippen molar-refractivity contribution in [3.8, 4) is 0 Å². The average Bonchev–Trinajstić information content (AvgIpc) is 3.26. The second-order valence-corrected chi connectivity index (χ2v) is 8.69. The van der Waals surface area contributed by atoms with Crippen molar-refractivity contribution in [3.63, 3.8) is 0 Å². The highest BCUT2D eigenvalue weighted by Gasteiger charge is 2.63. The summed E-state index contributed by atoms with van der Waals surface area (Å²) >= 11 is 0. The second-order valence-electron chi connectivity index (χ2n) is 8.69. The minimum Gasteiger partial charge on any atom is -0.462 e. The van der Waals surface area contributed by atoms with Gasteiger partial charge in [0.25, 0.3) is 0 Å². The van der Waals surface area contributed by atoms with E-state index in [0.717, 1.165) is 42.4 Å². The zero-order valence-corrected chi connectivity index (χ0v) is 13.0. The van der Waals surface area contributed by atoms with E-state index in [2.05, 4.69) is 0 Å². The van der Waals surface area contributed by atoms with E-state index < -0.39 is 0 Å². The fraction of sp³-hybridized carbons (Fsp3) is 0.947. The number of ether oxygens (including phenoxy) is 1. The third-order valence-corrected chi connectivity index (χ3v) is 7.87. The Kier molecular flexibility index (Phi) is 2.92. The van der Waals surface area contributed by atoms with Gasteiger partial charge in [0.15, 0.2) is 0 Å². The molecular formula is C19H28O2. The summed E-state index contributed by atoms with van der Waals surface area (Å²) < 4.78 is 5.92. The van der Waals surface area contributed by atoms with Crippen LogP contribution in [-0.4, -0.2) is 12.1 Å². The molecule has 0 spiro atoms. The van der Waals surface area contributed by atoms with E-state index in [-0.39, 0.29) is 18.0 Å². The first-order valence-electron chi connectivity index (χ1n) is 9.52. The number of carbonyl (C=O) groups is 1. The Morgan fingerprint density at radius 1 is 0.762 bits per heavy atom. The predicted molar refractivity (Wildman–Crippen MR) is 80.5 cm³/mol. The third kappa shape index (κ3) is 1.86. The van der Waals surface area contributed by atoms with Crippen LogP contribution in [-0.2, 0) is 9.53 Å². The molecule has 2 heteroatoms. The predicted octanol–water partition coefficient (Wildman–Crippen LogP) is 4.18. The first-order valence-corrected chi connectivity index (χ1v) is 9.52. The lowest BCUT2D eigenvalue weighted by Crippen LogP contribution is -2.37. The van der Waals surface area contributed by atoms with Crippen LogP contribution in [0.2, 0.25) is 0 Å². The maximum absolute atomic E-state index is 12.7. The van der Waals surface area contributed by atoms with Crippen LogP contribution in [0.5, 0.6) is 0 Å². The maximum atomic E-state index is 12.7. The summed E-state index contributed by atoms with van der Waals surface area (Å²) in [6, 6.07) is 0. The molecule has 0 aliphatic heterocycles. The highest BCUT2D eigenvalue weighted by atomic mass is 16.5. The van der Waals surface area contributed by atoms with Crippen LogP contribution in [0, 0.1) is 41.4 Å². The van der Waals surface area contributed by atoms with E-state index in [1.807, 2.05) is 0 Å². The van der Waals surface area contributed by atoms with Gasteiger partial charge in [0.2, 0.25) is 0 Å². The lowest BCUT2D eigenvalue weighted by Gasteiger charge is -2.38. The van der Waals surface area contributed by atoms with Gasteiger partial charge in [-0.15, -0.1) is 0 Å². The SMILES string of the molecule is O=C(OC1CCCCC1)C1CC2CC1C1C3CCC(C3)C21. The molecule has 0 aromatic rings. The Hall–Kier alpha value is -0.530. The van der Waals surface area contributed by atoms with E-state index in [9.17, 15) is 4.79 Å². The summed E-state index contributed by atoms with van der Waals surface area (Å²) in [7, 11) is 0. The van der Waals surface area contributed by atoms with Crippen molar-refractivity contribution >= 4 is 5.97 Å². The van der Waals surface area contributed by atoms with Gasteiger partial charge >= 0.3 is 5.97 Å². The Bertz CT molecular complexity index is 439. The van der Waals surface area contributed by atoms with E-state index in [1.165, 1.54) is 51.4 Å². The molecule has 0 N–H and O–H groups in total. The second kappa shape index (κ2) is 4.73. The molecule has 0 saturated heterocycles. The molecule has 116 valence electrons. The molecule has 5 aliphatic rings. The maximum Gasteiger partial charge on any atom is 0.309 e. The zero-order valence-electron chi connectivity index (χ0n) is 13.0. The van der Waals surface area contributed by atoms with Gasteiger partial charge in [0.1, 0.15) is 6.10 Å². The molecule has 5 saturated carbocycles. The summed E-state index contributed by atoms with van der Waals surface area (Å²) in [5, 5.41) is 0. The summed E-state index contributed by atoms with van der Waals surface area (Å²) in [5.41, 5.74) is 0. The third-order valence-electron chi connectivity index (χ3n) is 7.87. The van der Waals surface area contributed by atoms with Crippen LogP contribution in [0.4, 0.5) is 0 Å². The molecule has 7 unspecified atom stereocenters. The Balaban J connectivity index is 1.28. The highest BCUT2D eigenvalue weighted by Crippen LogP contribution is 2.68. The Labute approximate surface area is 128 Å². The smallest absolute Gasteiger partial charge is 0.309 e. The van der Waals surface area contributed by atoms with Crippen molar-refractivity contribution in [2.75, 3.05) is 0 Å². The molecule has 5 rings (SSSR count). The first kappa shape index (κ1) is 13.0. The number of hydrogen-bond donors (Lipinski definition) is 0. The van der Waals surface area contributed by atoms with Crippen molar-refractivity contribution < 1.29 is 9.53 Å². The minimum atomic E-state index is 0.190. The van der Waals surface area contributed by atoms with Gasteiger partial charge in [-0.3, -0.25) is 4.79 Å². The van der Waals surface area contributed by atoms with Crippen molar-refractivity contribution in [3.05, 3.63) is 0 Å². The van der Waals surface area contributed by atoms with Crippen LogP contribution >= 0.6 is 0 Å². The molecule has 4 bridgehead atoms. The summed E-state index contributed by atoms with van der Waals surface area (Å²) in [6.07, 6.45) is 13.3. The van der Waals surface area contributed by atoms with Crippen molar-refractivity contribution in [1.82, 2.24) is 0 Å². The number of rotatable bonds is 2. The fourth-order valence-electron chi connectivity index (χ4n) is 7.27. The van der Waals surface area contributed by atoms with E-state index >= 15 is 0 Å². The summed E-state index contributed by atoms with van der Waals surface area (Å²) in [4.78, 5) is 12.7. The van der Waals surface area contributed by atoms with E-state index in [0.29, 0.717) is 5.92 Å². The van der Waals surface area contributed by atoms with Crippen LogP contribution < -0.4 is 0 Å². The van der Waals surface area contributed by atoms with Crippen LogP contribution in [0.3, 0.4) is 0 Å². The topological polar surface area (TPSA) is 26.3 Å². The molecule has 5 aliphatic carbocycles. The Morgan fingerprint density at radius 3 is 2.33 bits per heavy atom. The average molecular weight is 288 g/mol. The largest absolute Gasteiger partial charge is 0.462 e. The van der Waals surface area contributed by atoms with Gasteiger partial charge in [0, 0.05) is 0 Å². The number of hydrogen-bond acceptors (Lipinski definition) is 2. The van der Waals surface area contributed by atoms with Crippen molar-refractivity contribution in [2.24, 2.45) is 41.4 Å². The van der Waals surface area contributed by atoms with Gasteiger partial charge in [-0.1, -0.05) is 6.42 Å². The summed E-state index contributed by atoms with van der Waals surface area (Å²) in [5.74, 6) is 5.96. The molecule has 2 nitrogen and oxygen atoms in total. The standard InChI is InChI=1S/C19H28O2/c20-19(21-14-4-2-1-3-5-14)16-10-13-9-15(16)18-12-7-6-11(8-12)17(13)18/h11-18H,1-10H2. The van der Waals surface area contributed by atoms with Gasteiger partial charge in [-0.25, -0.2) is 0 Å². The highest BCUT2D eigenvalue weighted by molar-refractivity contribution is 5.74. The summed E-state index contributed by atoms with van der Waals surface area (Å²) in [6.45, 7) is 0. The van der Waals surface area contributed by atoms with Gasteiger partial charge in [-0.2, -0.15) is 0 Å². The van der Waals surface area contributed by atoms with Crippen molar-refractivity contribution in [1.29, 1.82) is 0 Å². The monoisotopic (exact) mass is 288 g/mol. The van der Waals surface area contributed by atoms with Crippen LogP contribution in [0.25, 0.3) is 0 Å². The lowest BCUT2D eigenvalue weighted by molar-refractivity contribution is -0.159. The fourth-order valence-corrected chi connectivity index (χ4v) is 7.27. The molecule has 5 fully saturated rings. The van der Waals surface area contributed by atoms with Gasteiger partial charge < -0.3 is 4.74 Å². The number of fused-ring (bicyclic) bond motifs is 9. The van der Waals surface area contributed by atoms with E-state index in [1.54, 1.807) is 0 Å². The molecule has 0 aromatic carbocycles. The quantitative estimate of drug-likeness (QED) is 0.563. The number of esters is 1. The normalized spacial score (nSPS) is 51.3. The van der Waals surface area contributed by atoms with E-state index in [4.69, 9.17) is 4.74 Å². The molecule has 0 heterocycles. The molecule has 0 radical (unpaired) electrons. The Morgan fingerprint density at radius 2 is 1.52 bits per heavy atom. The molecular weight excluding hydrogens is 260 g/mol. The van der Waals surface area contributed by atoms with Crippen LogP contribution in [0.15, 0.2) is 0 Å². The molecule has 0 amide bonds. The number of carbonyl (C=O) groups excluding carboxylic acids is 1.